The normalized spacial score (nSPS) is 11.5. The highest BCUT2D eigenvalue weighted by Crippen LogP contribution is 2.33. The second-order valence-corrected chi connectivity index (χ2v) is 7.31. The summed E-state index contributed by atoms with van der Waals surface area (Å²) in [7, 11) is 1.75. The van der Waals surface area contributed by atoms with Crippen molar-refractivity contribution in [1.29, 1.82) is 0 Å². The molecule has 6 nitrogen and oxygen atoms in total. The highest BCUT2D eigenvalue weighted by Gasteiger charge is 2.22. The minimum atomic E-state index is -0.324. The predicted octanol–water partition coefficient (Wildman–Crippen LogP) is 6.02. The number of ether oxygens (including phenoxy) is 1. The molecule has 0 bridgehead atoms. The lowest BCUT2D eigenvalue weighted by Gasteiger charge is -2.26. The molecule has 1 N–H and O–H groups in total. The lowest BCUT2D eigenvalue weighted by atomic mass is 10.0. The lowest BCUT2D eigenvalue weighted by Crippen LogP contribution is -2.30. The number of pyridine rings is 1. The zero-order valence-corrected chi connectivity index (χ0v) is 19.6. The number of hydrogen-bond acceptors (Lipinski definition) is 4. The van der Waals surface area contributed by atoms with Gasteiger partial charge < -0.3 is 9.64 Å². The molecule has 2 aromatic heterocycles. The molecule has 4 aromatic rings. The smallest absolute Gasteiger partial charge is 0.254 e. The third kappa shape index (κ3) is 5.03. The summed E-state index contributed by atoms with van der Waals surface area (Å²) in [6.07, 6.45) is 5.18. The van der Waals surface area contributed by atoms with Gasteiger partial charge in [-0.05, 0) is 49.7 Å². The fourth-order valence-electron chi connectivity index (χ4n) is 3.62. The van der Waals surface area contributed by atoms with Gasteiger partial charge in [0.2, 0.25) is 0 Å². The maximum atomic E-state index is 13.7. The maximum absolute atomic E-state index is 13.7. The molecule has 4 rings (SSSR count). The van der Waals surface area contributed by atoms with Crippen molar-refractivity contribution in [1.82, 2.24) is 20.1 Å². The van der Waals surface area contributed by atoms with Crippen LogP contribution in [0.2, 0.25) is 0 Å². The van der Waals surface area contributed by atoms with Gasteiger partial charge in [-0.1, -0.05) is 26.0 Å². The number of hydrogen-bond donors (Lipinski definition) is 1. The van der Waals surface area contributed by atoms with Crippen molar-refractivity contribution < 1.29 is 13.9 Å². The molecule has 1 unspecified atom stereocenters. The Morgan fingerprint density at radius 1 is 1.15 bits per heavy atom. The third-order valence-corrected chi connectivity index (χ3v) is 5.40. The van der Waals surface area contributed by atoms with Gasteiger partial charge >= 0.3 is 0 Å². The molecule has 0 spiro atoms. The van der Waals surface area contributed by atoms with Gasteiger partial charge in [0.05, 0.1) is 24.4 Å². The molecule has 2 heterocycles. The van der Waals surface area contributed by atoms with Gasteiger partial charge in [-0.15, -0.1) is 0 Å². The second-order valence-electron chi connectivity index (χ2n) is 7.31. The molecule has 0 saturated carbocycles. The minimum absolute atomic E-state index is 0.157. The van der Waals surface area contributed by atoms with E-state index in [4.69, 9.17) is 4.74 Å². The average Bonchev–Trinajstić information content (AvgIpc) is 3.33. The van der Waals surface area contributed by atoms with E-state index in [0.717, 1.165) is 22.0 Å². The number of halogens is 1. The second kappa shape index (κ2) is 10.7. The van der Waals surface area contributed by atoms with Crippen molar-refractivity contribution in [2.24, 2.45) is 0 Å². The molecule has 7 heteroatoms. The van der Waals surface area contributed by atoms with Gasteiger partial charge in [-0.25, -0.2) is 4.39 Å². The van der Waals surface area contributed by atoms with E-state index in [0.29, 0.717) is 23.5 Å². The van der Waals surface area contributed by atoms with Crippen LogP contribution in [0.15, 0.2) is 61.1 Å². The third-order valence-electron chi connectivity index (χ3n) is 5.40. The van der Waals surface area contributed by atoms with Crippen molar-refractivity contribution in [2.45, 2.75) is 33.7 Å². The van der Waals surface area contributed by atoms with Crippen molar-refractivity contribution in [3.05, 3.63) is 78.0 Å². The topological polar surface area (TPSA) is 71.1 Å². The summed E-state index contributed by atoms with van der Waals surface area (Å²) in [6, 6.07) is 11.3. The van der Waals surface area contributed by atoms with Gasteiger partial charge in [0.1, 0.15) is 11.6 Å². The predicted molar refractivity (Wildman–Crippen MR) is 129 cm³/mol. The number of aromatic nitrogens is 3. The largest absolute Gasteiger partial charge is 0.493 e. The molecule has 33 heavy (non-hydrogen) atoms. The Balaban J connectivity index is 0.00000149. The van der Waals surface area contributed by atoms with Gasteiger partial charge in [-0.3, -0.25) is 14.9 Å². The summed E-state index contributed by atoms with van der Waals surface area (Å²) in [6.45, 7) is 8.25. The van der Waals surface area contributed by atoms with Crippen LogP contribution in [0.3, 0.4) is 0 Å². The van der Waals surface area contributed by atoms with Crippen LogP contribution >= 0.6 is 0 Å². The number of aromatic amines is 1. The number of carbonyl (C=O) groups is 1. The molecule has 0 saturated heterocycles. The quantitative estimate of drug-likeness (QED) is 0.391. The van der Waals surface area contributed by atoms with Gasteiger partial charge in [0, 0.05) is 41.5 Å². The number of nitrogens with one attached hydrogen (secondary N) is 1. The highest BCUT2D eigenvalue weighted by molar-refractivity contribution is 5.96. The van der Waals surface area contributed by atoms with Crippen LogP contribution in [0.5, 0.6) is 5.75 Å². The molecule has 0 aliphatic rings. The summed E-state index contributed by atoms with van der Waals surface area (Å²) < 4.78 is 19.5. The monoisotopic (exact) mass is 448 g/mol. The Kier molecular flexibility index (Phi) is 7.77. The van der Waals surface area contributed by atoms with E-state index in [1.807, 2.05) is 33.8 Å². The van der Waals surface area contributed by atoms with Crippen LogP contribution in [-0.4, -0.2) is 39.6 Å². The Labute approximate surface area is 193 Å². The van der Waals surface area contributed by atoms with E-state index in [2.05, 4.69) is 15.2 Å². The number of H-pyrrole nitrogens is 1. The maximum Gasteiger partial charge on any atom is 0.254 e. The van der Waals surface area contributed by atoms with E-state index in [1.165, 1.54) is 12.1 Å². The van der Waals surface area contributed by atoms with E-state index in [1.54, 1.807) is 54.8 Å². The first-order valence-corrected chi connectivity index (χ1v) is 11.1. The Hall–Kier alpha value is -3.74. The number of rotatable bonds is 6. The Morgan fingerprint density at radius 2 is 1.94 bits per heavy atom. The van der Waals surface area contributed by atoms with Crippen molar-refractivity contribution >= 4 is 16.8 Å². The standard InChI is InChI=1S/C24H23FN4O2.C2H6/c1-4-31-22-11-17(8-9-20(22)16-6-5-7-19(25)10-16)24(30)29(3)15(2)21-14-26-12-18-13-27-28-23(18)21;1-2/h5-15H,4H2,1-3H3,(H,27,28);1-2H3. The van der Waals surface area contributed by atoms with Crippen LogP contribution in [0, 0.1) is 5.82 Å². The number of fused-ring (bicyclic) bond motifs is 1. The minimum Gasteiger partial charge on any atom is -0.493 e. The summed E-state index contributed by atoms with van der Waals surface area (Å²) >= 11 is 0. The molecule has 172 valence electrons. The van der Waals surface area contributed by atoms with E-state index < -0.39 is 0 Å². The molecule has 0 fully saturated rings. The molecular formula is C26H29FN4O2. The van der Waals surface area contributed by atoms with Gasteiger partial charge in [0.25, 0.3) is 5.91 Å². The fourth-order valence-corrected chi connectivity index (χ4v) is 3.62. The first-order chi connectivity index (χ1) is 16.0. The molecule has 0 aliphatic heterocycles. The highest BCUT2D eigenvalue weighted by atomic mass is 19.1. The summed E-state index contributed by atoms with van der Waals surface area (Å²) in [5, 5.41) is 7.94. The summed E-state index contributed by atoms with van der Waals surface area (Å²) in [5.41, 5.74) is 3.66. The van der Waals surface area contributed by atoms with E-state index in [-0.39, 0.29) is 17.8 Å². The fraction of sp³-hybridized carbons (Fsp3) is 0.269. The number of benzene rings is 2. The van der Waals surface area contributed by atoms with E-state index in [9.17, 15) is 9.18 Å². The average molecular weight is 449 g/mol. The zero-order chi connectivity index (χ0) is 24.0. The van der Waals surface area contributed by atoms with Crippen LogP contribution in [-0.2, 0) is 0 Å². The van der Waals surface area contributed by atoms with Crippen LogP contribution in [0.25, 0.3) is 22.0 Å². The summed E-state index contributed by atoms with van der Waals surface area (Å²) in [4.78, 5) is 19.2. The molecule has 1 amide bonds. The van der Waals surface area contributed by atoms with E-state index >= 15 is 0 Å². The van der Waals surface area contributed by atoms with Gasteiger partial charge in [-0.2, -0.15) is 5.10 Å². The Bertz CT molecular complexity index is 1240. The SMILES string of the molecule is CC.CCOc1cc(C(=O)N(C)C(C)c2cncc3cn[nH]c23)ccc1-c1cccc(F)c1. The summed E-state index contributed by atoms with van der Waals surface area (Å²) in [5.74, 6) is 0.0587. The molecular weight excluding hydrogens is 419 g/mol. The number of carbonyl (C=O) groups excluding carboxylic acids is 1. The van der Waals surface area contributed by atoms with Crippen LogP contribution < -0.4 is 4.74 Å². The lowest BCUT2D eigenvalue weighted by molar-refractivity contribution is 0.0743. The van der Waals surface area contributed by atoms with Crippen molar-refractivity contribution in [3.8, 4) is 16.9 Å². The molecule has 0 aliphatic carbocycles. The first-order valence-electron chi connectivity index (χ1n) is 11.1. The van der Waals surface area contributed by atoms with Crippen molar-refractivity contribution in [2.75, 3.05) is 13.7 Å². The first kappa shape index (κ1) is 23.9. The van der Waals surface area contributed by atoms with Crippen LogP contribution in [0.4, 0.5) is 4.39 Å². The molecule has 1 atom stereocenters. The van der Waals surface area contributed by atoms with Crippen molar-refractivity contribution in [3.63, 3.8) is 0 Å². The number of nitrogens with zero attached hydrogens (tertiary/aromatic N) is 3. The van der Waals surface area contributed by atoms with Crippen LogP contribution in [0.1, 0.15) is 49.7 Å². The van der Waals surface area contributed by atoms with Gasteiger partial charge in [0.15, 0.2) is 0 Å². The molecule has 0 radical (unpaired) electrons. The Morgan fingerprint density at radius 3 is 2.67 bits per heavy atom. The number of amides is 1. The zero-order valence-electron chi connectivity index (χ0n) is 19.6. The molecule has 2 aromatic carbocycles.